The van der Waals surface area contributed by atoms with E-state index in [0.29, 0.717) is 0 Å². The Kier molecular flexibility index (Phi) is 2.46. The normalized spacial score (nSPS) is 13.0. The lowest BCUT2D eigenvalue weighted by Gasteiger charge is -1.68. The van der Waals surface area contributed by atoms with Gasteiger partial charge in [0.15, 0.2) is 0 Å². The third-order valence-corrected chi connectivity index (χ3v) is 0.376. The van der Waals surface area contributed by atoms with Gasteiger partial charge in [0.25, 0.3) is 0 Å². The van der Waals surface area contributed by atoms with E-state index in [9.17, 15) is 4.39 Å². The number of rotatable bonds is 0. The van der Waals surface area contributed by atoms with E-state index in [4.69, 9.17) is 5.26 Å². The van der Waals surface area contributed by atoms with Gasteiger partial charge >= 0.3 is 0 Å². The quantitative estimate of drug-likeness (QED) is 0.411. The smallest absolute Gasteiger partial charge is 0.219 e. The largest absolute Gasteiger partial charge is 0.235 e. The second-order valence-corrected chi connectivity index (χ2v) is 1.52. The predicted octanol–water partition coefficient (Wildman–Crippen LogP) is 1.24. The van der Waals surface area contributed by atoms with Crippen LogP contribution in [0.5, 0.6) is 0 Å². The Labute approximate surface area is 42.9 Å². The molecule has 0 heterocycles. The van der Waals surface area contributed by atoms with Crippen molar-refractivity contribution in [2.75, 3.05) is 0 Å². The predicted molar refractivity (Wildman–Crippen MR) is 24.5 cm³/mol. The number of hydrogen-bond acceptors (Lipinski definition) is 1. The van der Waals surface area contributed by atoms with Crippen LogP contribution in [0.15, 0.2) is 0 Å². The third kappa shape index (κ3) is 4.15. The molecule has 0 aromatic rings. The summed E-state index contributed by atoms with van der Waals surface area (Å²) in [6, 6.07) is 1.35. The summed E-state index contributed by atoms with van der Waals surface area (Å²) in [5.41, 5.74) is 0. The molecule has 0 unspecified atom stereocenters. The highest BCUT2D eigenvalue weighted by Crippen LogP contribution is 1.95. The summed E-state index contributed by atoms with van der Waals surface area (Å²) in [6.07, 6.45) is 0. The van der Waals surface area contributed by atoms with Crippen molar-refractivity contribution in [1.29, 1.82) is 5.26 Å². The average molecular weight is 185 g/mol. The molecule has 0 aromatic heterocycles. The van der Waals surface area contributed by atoms with E-state index in [1.165, 1.54) is 28.7 Å². The first-order chi connectivity index (χ1) is 2.27. The highest BCUT2D eigenvalue weighted by molar-refractivity contribution is 14.1. The first-order valence-corrected chi connectivity index (χ1v) is 2.19. The Hall–Kier alpha value is 0.150. The van der Waals surface area contributed by atoms with E-state index in [1.54, 1.807) is 0 Å². The van der Waals surface area contributed by atoms with Crippen LogP contribution in [0.3, 0.4) is 0 Å². The van der Waals surface area contributed by atoms with Crippen molar-refractivity contribution in [2.45, 2.75) is 4.18 Å². The zero-order valence-corrected chi connectivity index (χ0v) is 4.44. The minimum absolute atomic E-state index is 1.34. The molecule has 0 saturated carbocycles. The molecule has 0 N–H and O–H groups in total. The van der Waals surface area contributed by atoms with Crippen LogP contribution in [-0.2, 0) is 0 Å². The summed E-state index contributed by atoms with van der Waals surface area (Å²) in [5, 5.41) is 7.51. The van der Waals surface area contributed by atoms with Crippen LogP contribution in [0.4, 0.5) is 4.39 Å². The molecule has 0 saturated heterocycles. The van der Waals surface area contributed by atoms with Crippen molar-refractivity contribution < 1.29 is 4.39 Å². The second kappa shape index (κ2) is 2.39. The molecule has 0 spiro atoms. The minimum atomic E-state index is -1.34. The molecule has 0 bridgehead atoms. The van der Waals surface area contributed by atoms with Crippen LogP contribution in [0.1, 0.15) is 0 Å². The molecule has 0 aliphatic carbocycles. The standard InChI is InChI=1S/C2HFIN/c3-2(4)1-5/h2H/t2-/m1/s1. The van der Waals surface area contributed by atoms with Gasteiger partial charge in [-0.2, -0.15) is 5.26 Å². The zero-order valence-electron chi connectivity index (χ0n) is 2.28. The molecule has 1 nitrogen and oxygen atoms in total. The summed E-state index contributed by atoms with van der Waals surface area (Å²) >= 11 is 1.38. The number of nitriles is 1. The second-order valence-electron chi connectivity index (χ2n) is 0.430. The Bertz CT molecular complexity index is 55.2. The lowest BCUT2D eigenvalue weighted by Crippen LogP contribution is -1.71. The van der Waals surface area contributed by atoms with Crippen LogP contribution >= 0.6 is 22.6 Å². The highest BCUT2D eigenvalue weighted by Gasteiger charge is 1.87. The summed E-state index contributed by atoms with van der Waals surface area (Å²) < 4.78 is 9.72. The fourth-order valence-electron chi connectivity index (χ4n) is 0. The maximum atomic E-state index is 11.1. The van der Waals surface area contributed by atoms with Gasteiger partial charge in [0.2, 0.25) is 4.18 Å². The van der Waals surface area contributed by atoms with Gasteiger partial charge in [-0.15, -0.1) is 0 Å². The Balaban J connectivity index is 2.94. The lowest BCUT2D eigenvalue weighted by molar-refractivity contribution is 0.547. The van der Waals surface area contributed by atoms with Gasteiger partial charge in [-0.05, 0) is 22.6 Å². The maximum Gasteiger partial charge on any atom is 0.235 e. The molecule has 1 atom stereocenters. The highest BCUT2D eigenvalue weighted by atomic mass is 127. The van der Waals surface area contributed by atoms with Gasteiger partial charge < -0.3 is 0 Å². The van der Waals surface area contributed by atoms with Gasteiger partial charge in [-0.25, -0.2) is 4.39 Å². The maximum absolute atomic E-state index is 11.1. The molecule has 0 radical (unpaired) electrons. The molecule has 0 fully saturated rings. The van der Waals surface area contributed by atoms with E-state index >= 15 is 0 Å². The minimum Gasteiger partial charge on any atom is -0.219 e. The molecule has 0 aliphatic rings. The Morgan fingerprint density at radius 3 is 2.20 bits per heavy atom. The third-order valence-electron chi connectivity index (χ3n) is 0.0976. The number of hydrogen-bond donors (Lipinski definition) is 0. The van der Waals surface area contributed by atoms with E-state index in [2.05, 4.69) is 0 Å². The zero-order chi connectivity index (χ0) is 4.28. The first-order valence-electron chi connectivity index (χ1n) is 0.949. The molecular formula is C2HFIN. The van der Waals surface area contributed by atoms with Crippen LogP contribution in [0.25, 0.3) is 0 Å². The van der Waals surface area contributed by atoms with Crippen LogP contribution in [0.2, 0.25) is 0 Å². The van der Waals surface area contributed by atoms with Crippen molar-refractivity contribution >= 4 is 22.6 Å². The van der Waals surface area contributed by atoms with E-state index in [0.717, 1.165) is 0 Å². The monoisotopic (exact) mass is 185 g/mol. The van der Waals surface area contributed by atoms with E-state index in [1.807, 2.05) is 0 Å². The average Bonchev–Trinajstić information content (AvgIpc) is 1.38. The van der Waals surface area contributed by atoms with Crippen molar-refractivity contribution in [3.63, 3.8) is 0 Å². The van der Waals surface area contributed by atoms with Gasteiger partial charge in [-0.3, -0.25) is 0 Å². The Morgan fingerprint density at radius 2 is 2.20 bits per heavy atom. The van der Waals surface area contributed by atoms with Gasteiger partial charge in [-0.1, -0.05) is 0 Å². The summed E-state index contributed by atoms with van der Waals surface area (Å²) in [6.45, 7) is 0. The molecule has 28 valence electrons. The van der Waals surface area contributed by atoms with Crippen molar-refractivity contribution in [3.05, 3.63) is 0 Å². The van der Waals surface area contributed by atoms with Crippen LogP contribution in [-0.4, -0.2) is 4.18 Å². The van der Waals surface area contributed by atoms with Crippen molar-refractivity contribution in [3.8, 4) is 6.07 Å². The van der Waals surface area contributed by atoms with Crippen LogP contribution < -0.4 is 0 Å². The van der Waals surface area contributed by atoms with Crippen molar-refractivity contribution in [1.82, 2.24) is 0 Å². The van der Waals surface area contributed by atoms with Gasteiger partial charge in [0.05, 0.1) is 0 Å². The molecule has 0 aromatic carbocycles. The van der Waals surface area contributed by atoms with Crippen LogP contribution in [0, 0.1) is 11.3 Å². The fraction of sp³-hybridized carbons (Fsp3) is 0.500. The number of nitrogens with zero attached hydrogens (tertiary/aromatic N) is 1. The van der Waals surface area contributed by atoms with Gasteiger partial charge in [0, 0.05) is 0 Å². The lowest BCUT2D eigenvalue weighted by atomic mass is 10.9. The first kappa shape index (κ1) is 5.15. The molecular weight excluding hydrogens is 184 g/mol. The molecule has 0 aliphatic heterocycles. The van der Waals surface area contributed by atoms with E-state index in [-0.39, 0.29) is 0 Å². The molecule has 5 heavy (non-hydrogen) atoms. The molecule has 0 rings (SSSR count). The number of halogens is 2. The molecule has 3 heteroatoms. The summed E-state index contributed by atoms with van der Waals surface area (Å²) in [4.78, 5) is 0. The fourth-order valence-corrected chi connectivity index (χ4v) is 0. The SMILES string of the molecule is N#C[C@H](F)I. The van der Waals surface area contributed by atoms with Crippen molar-refractivity contribution in [2.24, 2.45) is 0 Å². The summed E-state index contributed by atoms with van der Waals surface area (Å²) in [7, 11) is 0. The summed E-state index contributed by atoms with van der Waals surface area (Å²) in [5.74, 6) is 0. The Morgan fingerprint density at radius 1 is 2.00 bits per heavy atom. The topological polar surface area (TPSA) is 23.8 Å². The van der Waals surface area contributed by atoms with Gasteiger partial charge in [0.1, 0.15) is 6.07 Å². The number of alkyl halides is 2. The van der Waals surface area contributed by atoms with E-state index < -0.39 is 4.18 Å². The molecule has 0 amide bonds.